The predicted octanol–water partition coefficient (Wildman–Crippen LogP) is 3.33. The molecule has 0 spiro atoms. The lowest BCUT2D eigenvalue weighted by molar-refractivity contribution is 0.277. The molecule has 2 aromatic rings. The minimum atomic E-state index is -0.164. The summed E-state index contributed by atoms with van der Waals surface area (Å²) in [5.74, 6) is 0. The Balaban J connectivity index is 2.61. The Morgan fingerprint density at radius 2 is 2.00 bits per heavy atom. The largest absolute Gasteiger partial charge is 0.390 e. The zero-order valence-electron chi connectivity index (χ0n) is 10.1. The van der Waals surface area contributed by atoms with E-state index in [1.54, 1.807) is 16.8 Å². The molecule has 1 heterocycles. The number of benzene rings is 1. The van der Waals surface area contributed by atoms with Crippen LogP contribution >= 0.6 is 23.2 Å². The maximum atomic E-state index is 9.32. The van der Waals surface area contributed by atoms with Gasteiger partial charge in [-0.2, -0.15) is 0 Å². The van der Waals surface area contributed by atoms with Gasteiger partial charge in [0.1, 0.15) is 5.69 Å². The SMILES string of the molecule is CC(C)n1nnc(CO)c1-c1ccc(Cl)c(Cl)c1. The molecule has 0 radical (unpaired) electrons. The predicted molar refractivity (Wildman–Crippen MR) is 71.8 cm³/mol. The van der Waals surface area contributed by atoms with E-state index in [9.17, 15) is 5.11 Å². The first-order chi connectivity index (χ1) is 8.54. The van der Waals surface area contributed by atoms with Gasteiger partial charge < -0.3 is 5.11 Å². The van der Waals surface area contributed by atoms with Crippen LogP contribution in [-0.2, 0) is 6.61 Å². The van der Waals surface area contributed by atoms with Crippen molar-refractivity contribution >= 4 is 23.2 Å². The second-order valence-electron chi connectivity index (χ2n) is 4.21. The zero-order chi connectivity index (χ0) is 13.3. The molecule has 0 aliphatic rings. The van der Waals surface area contributed by atoms with Gasteiger partial charge >= 0.3 is 0 Å². The van der Waals surface area contributed by atoms with E-state index in [0.717, 1.165) is 11.3 Å². The van der Waals surface area contributed by atoms with E-state index < -0.39 is 0 Å². The van der Waals surface area contributed by atoms with Crippen LogP contribution in [0.3, 0.4) is 0 Å². The number of nitrogens with zero attached hydrogens (tertiary/aromatic N) is 3. The van der Waals surface area contributed by atoms with Gasteiger partial charge in [0, 0.05) is 11.6 Å². The molecular formula is C12H13Cl2N3O. The van der Waals surface area contributed by atoms with Crippen LogP contribution in [0.1, 0.15) is 25.6 Å². The summed E-state index contributed by atoms with van der Waals surface area (Å²) < 4.78 is 1.76. The van der Waals surface area contributed by atoms with E-state index >= 15 is 0 Å². The van der Waals surface area contributed by atoms with Crippen LogP contribution in [0.5, 0.6) is 0 Å². The molecule has 1 N–H and O–H groups in total. The minimum absolute atomic E-state index is 0.141. The molecule has 0 saturated carbocycles. The maximum absolute atomic E-state index is 9.32. The lowest BCUT2D eigenvalue weighted by Gasteiger charge is -2.11. The van der Waals surface area contributed by atoms with Gasteiger partial charge in [0.25, 0.3) is 0 Å². The van der Waals surface area contributed by atoms with E-state index in [0.29, 0.717) is 15.7 Å². The second-order valence-corrected chi connectivity index (χ2v) is 5.02. The van der Waals surface area contributed by atoms with Crippen LogP contribution in [0.15, 0.2) is 18.2 Å². The van der Waals surface area contributed by atoms with E-state index in [-0.39, 0.29) is 12.6 Å². The van der Waals surface area contributed by atoms with Crippen molar-refractivity contribution in [2.45, 2.75) is 26.5 Å². The van der Waals surface area contributed by atoms with Crippen molar-refractivity contribution < 1.29 is 5.11 Å². The molecule has 0 atom stereocenters. The summed E-state index contributed by atoms with van der Waals surface area (Å²) in [5, 5.41) is 18.3. The Morgan fingerprint density at radius 3 is 2.56 bits per heavy atom. The molecule has 0 bridgehead atoms. The fourth-order valence-corrected chi connectivity index (χ4v) is 2.03. The summed E-state index contributed by atoms with van der Waals surface area (Å²) in [5.41, 5.74) is 2.14. The molecular weight excluding hydrogens is 273 g/mol. The molecule has 0 fully saturated rings. The van der Waals surface area contributed by atoms with Crippen molar-refractivity contribution in [1.29, 1.82) is 0 Å². The van der Waals surface area contributed by atoms with E-state index in [1.807, 2.05) is 19.9 Å². The molecule has 0 unspecified atom stereocenters. The van der Waals surface area contributed by atoms with Gasteiger partial charge in [-0.05, 0) is 26.0 Å². The molecule has 0 aliphatic carbocycles. The highest BCUT2D eigenvalue weighted by molar-refractivity contribution is 6.42. The minimum Gasteiger partial charge on any atom is -0.390 e. The number of hydrogen-bond acceptors (Lipinski definition) is 3. The monoisotopic (exact) mass is 285 g/mol. The lowest BCUT2D eigenvalue weighted by Crippen LogP contribution is -2.05. The Morgan fingerprint density at radius 1 is 1.28 bits per heavy atom. The Labute approximate surface area is 115 Å². The first-order valence-electron chi connectivity index (χ1n) is 5.55. The first-order valence-corrected chi connectivity index (χ1v) is 6.30. The number of aliphatic hydroxyl groups is 1. The van der Waals surface area contributed by atoms with Gasteiger partial charge in [-0.3, -0.25) is 0 Å². The van der Waals surface area contributed by atoms with Crippen molar-refractivity contribution in [3.8, 4) is 11.3 Å². The van der Waals surface area contributed by atoms with Crippen LogP contribution in [-0.4, -0.2) is 20.1 Å². The van der Waals surface area contributed by atoms with Gasteiger partial charge in [0.05, 0.1) is 22.3 Å². The maximum Gasteiger partial charge on any atom is 0.116 e. The van der Waals surface area contributed by atoms with E-state index in [4.69, 9.17) is 23.2 Å². The normalized spacial score (nSPS) is 11.2. The average Bonchev–Trinajstić information content (AvgIpc) is 2.76. The quantitative estimate of drug-likeness (QED) is 0.941. The molecule has 0 amide bonds. The highest BCUT2D eigenvalue weighted by Gasteiger charge is 2.16. The number of aromatic nitrogens is 3. The fraction of sp³-hybridized carbons (Fsp3) is 0.333. The van der Waals surface area contributed by atoms with Gasteiger partial charge in [0.2, 0.25) is 0 Å². The van der Waals surface area contributed by atoms with Crippen LogP contribution in [0.25, 0.3) is 11.3 Å². The Hall–Kier alpha value is -1.10. The molecule has 6 heteroatoms. The third kappa shape index (κ3) is 2.36. The highest BCUT2D eigenvalue weighted by atomic mass is 35.5. The van der Waals surface area contributed by atoms with Crippen molar-refractivity contribution in [2.24, 2.45) is 0 Å². The molecule has 1 aromatic heterocycles. The molecule has 2 rings (SSSR count). The van der Waals surface area contributed by atoms with Gasteiger partial charge in [-0.15, -0.1) is 5.10 Å². The summed E-state index contributed by atoms with van der Waals surface area (Å²) in [6.07, 6.45) is 0. The van der Waals surface area contributed by atoms with Crippen LogP contribution < -0.4 is 0 Å². The summed E-state index contributed by atoms with van der Waals surface area (Å²) >= 11 is 11.9. The van der Waals surface area contributed by atoms with Gasteiger partial charge in [-0.1, -0.05) is 34.5 Å². The zero-order valence-corrected chi connectivity index (χ0v) is 11.6. The molecule has 1 aromatic carbocycles. The molecule has 0 aliphatic heterocycles. The third-order valence-corrected chi connectivity index (χ3v) is 3.34. The van der Waals surface area contributed by atoms with E-state index in [1.165, 1.54) is 0 Å². The Bertz CT molecular complexity index is 566. The van der Waals surface area contributed by atoms with E-state index in [2.05, 4.69) is 10.3 Å². The fourth-order valence-electron chi connectivity index (χ4n) is 1.74. The standard InChI is InChI=1S/C12H13Cl2N3O/c1-7(2)17-12(11(6-18)15-16-17)8-3-4-9(13)10(14)5-8/h3-5,7,18H,6H2,1-2H3. The lowest BCUT2D eigenvalue weighted by atomic mass is 10.1. The van der Waals surface area contributed by atoms with Gasteiger partial charge in [-0.25, -0.2) is 4.68 Å². The van der Waals surface area contributed by atoms with Crippen molar-refractivity contribution in [3.63, 3.8) is 0 Å². The highest BCUT2D eigenvalue weighted by Crippen LogP contribution is 2.30. The summed E-state index contributed by atoms with van der Waals surface area (Å²) in [6, 6.07) is 5.45. The third-order valence-electron chi connectivity index (χ3n) is 2.60. The van der Waals surface area contributed by atoms with Gasteiger partial charge in [0.15, 0.2) is 0 Å². The number of hydrogen-bond donors (Lipinski definition) is 1. The first kappa shape index (κ1) is 13.3. The van der Waals surface area contributed by atoms with Crippen molar-refractivity contribution in [1.82, 2.24) is 15.0 Å². The number of aliphatic hydroxyl groups excluding tert-OH is 1. The average molecular weight is 286 g/mol. The number of halogens is 2. The van der Waals surface area contributed by atoms with Crippen LogP contribution in [0.2, 0.25) is 10.0 Å². The number of rotatable bonds is 3. The smallest absolute Gasteiger partial charge is 0.116 e. The topological polar surface area (TPSA) is 50.9 Å². The second kappa shape index (κ2) is 5.26. The van der Waals surface area contributed by atoms with Crippen molar-refractivity contribution in [2.75, 3.05) is 0 Å². The van der Waals surface area contributed by atoms with Crippen LogP contribution in [0.4, 0.5) is 0 Å². The Kier molecular flexibility index (Phi) is 3.90. The van der Waals surface area contributed by atoms with Crippen molar-refractivity contribution in [3.05, 3.63) is 33.9 Å². The molecule has 4 nitrogen and oxygen atoms in total. The molecule has 0 saturated heterocycles. The summed E-state index contributed by atoms with van der Waals surface area (Å²) in [6.45, 7) is 3.83. The summed E-state index contributed by atoms with van der Waals surface area (Å²) in [4.78, 5) is 0. The van der Waals surface area contributed by atoms with Crippen LogP contribution in [0, 0.1) is 0 Å². The summed E-state index contributed by atoms with van der Waals surface area (Å²) in [7, 11) is 0. The molecule has 18 heavy (non-hydrogen) atoms. The molecule has 96 valence electrons.